The van der Waals surface area contributed by atoms with Crippen LogP contribution >= 0.6 is 0 Å². The highest BCUT2D eigenvalue weighted by molar-refractivity contribution is 5.94. The molecule has 0 radical (unpaired) electrons. The molecule has 0 spiro atoms. The lowest BCUT2D eigenvalue weighted by Crippen LogP contribution is -2.48. The van der Waals surface area contributed by atoms with Gasteiger partial charge in [-0.15, -0.1) is 0 Å². The van der Waals surface area contributed by atoms with Crippen LogP contribution in [0.5, 0.6) is 5.75 Å². The van der Waals surface area contributed by atoms with E-state index in [2.05, 4.69) is 10.3 Å². The average molecular weight is 351 g/mol. The van der Waals surface area contributed by atoms with Crippen LogP contribution in [0.25, 0.3) is 0 Å². The van der Waals surface area contributed by atoms with Gasteiger partial charge in [0.25, 0.3) is 5.91 Å². The van der Waals surface area contributed by atoms with E-state index in [1.54, 1.807) is 6.20 Å². The van der Waals surface area contributed by atoms with E-state index < -0.39 is 0 Å². The predicted octanol–water partition coefficient (Wildman–Crippen LogP) is 3.02. The van der Waals surface area contributed by atoms with E-state index in [9.17, 15) is 4.79 Å². The number of piperidine rings is 1. The van der Waals surface area contributed by atoms with Crippen LogP contribution < -0.4 is 10.1 Å². The highest BCUT2D eigenvalue weighted by Gasteiger charge is 2.36. The molecular formula is C21H25N3O2. The van der Waals surface area contributed by atoms with Gasteiger partial charge < -0.3 is 15.0 Å². The highest BCUT2D eigenvalue weighted by Crippen LogP contribution is 2.30. The maximum absolute atomic E-state index is 12.8. The molecule has 2 fully saturated rings. The van der Waals surface area contributed by atoms with Crippen LogP contribution in [0.3, 0.4) is 0 Å². The van der Waals surface area contributed by atoms with Gasteiger partial charge in [-0.3, -0.25) is 9.78 Å². The fraction of sp³-hybridized carbons (Fsp3) is 0.429. The Morgan fingerprint density at radius 1 is 1.15 bits per heavy atom. The minimum atomic E-state index is 0.0903. The molecule has 1 aromatic heterocycles. The molecule has 2 bridgehead atoms. The molecule has 2 saturated heterocycles. The number of hydrogen-bond acceptors (Lipinski definition) is 4. The van der Waals surface area contributed by atoms with Crippen molar-refractivity contribution in [2.75, 3.05) is 7.05 Å². The zero-order valence-corrected chi connectivity index (χ0v) is 15.1. The van der Waals surface area contributed by atoms with Crippen LogP contribution in [0.15, 0.2) is 48.7 Å². The number of carbonyl (C=O) groups is 1. The number of hydrogen-bond donors (Lipinski definition) is 1. The van der Waals surface area contributed by atoms with Crippen molar-refractivity contribution in [1.29, 1.82) is 0 Å². The second-order valence-electron chi connectivity index (χ2n) is 7.31. The van der Waals surface area contributed by atoms with Crippen LogP contribution in [-0.2, 0) is 6.61 Å². The Balaban J connectivity index is 1.36. The maximum Gasteiger partial charge on any atom is 0.253 e. The van der Waals surface area contributed by atoms with Crippen molar-refractivity contribution >= 4 is 5.91 Å². The number of nitrogens with one attached hydrogen (secondary N) is 1. The molecule has 1 aromatic carbocycles. The summed E-state index contributed by atoms with van der Waals surface area (Å²) < 4.78 is 5.74. The number of amides is 1. The Kier molecular flexibility index (Phi) is 4.89. The first kappa shape index (κ1) is 17.0. The van der Waals surface area contributed by atoms with Gasteiger partial charge in [0.1, 0.15) is 12.4 Å². The van der Waals surface area contributed by atoms with E-state index in [4.69, 9.17) is 4.74 Å². The summed E-state index contributed by atoms with van der Waals surface area (Å²) in [5.41, 5.74) is 1.59. The highest BCUT2D eigenvalue weighted by atomic mass is 16.5. The molecule has 2 aliphatic heterocycles. The summed E-state index contributed by atoms with van der Waals surface area (Å²) in [6, 6.07) is 14.7. The van der Waals surface area contributed by atoms with Gasteiger partial charge in [0.2, 0.25) is 0 Å². The molecule has 0 saturated carbocycles. The summed E-state index contributed by atoms with van der Waals surface area (Å²) in [6.07, 6.45) is 6.36. The largest absolute Gasteiger partial charge is 0.487 e. The average Bonchev–Trinajstić information content (AvgIpc) is 3.04. The summed E-state index contributed by atoms with van der Waals surface area (Å²) in [5.74, 6) is 0.836. The number of carbonyl (C=O) groups excluding carboxylic acids is 1. The third kappa shape index (κ3) is 3.73. The van der Waals surface area contributed by atoms with E-state index >= 15 is 0 Å². The third-order valence-corrected chi connectivity index (χ3v) is 5.53. The molecule has 2 atom stereocenters. The normalized spacial score (nSPS) is 24.3. The second-order valence-corrected chi connectivity index (χ2v) is 7.31. The molecule has 2 unspecified atom stereocenters. The monoisotopic (exact) mass is 351 g/mol. The molecule has 2 aliphatic rings. The number of nitrogens with zero attached hydrogens (tertiary/aromatic N) is 2. The molecule has 4 rings (SSSR count). The summed E-state index contributed by atoms with van der Waals surface area (Å²) >= 11 is 0. The third-order valence-electron chi connectivity index (χ3n) is 5.53. The Morgan fingerprint density at radius 3 is 2.54 bits per heavy atom. The van der Waals surface area contributed by atoms with E-state index in [1.807, 2.05) is 54.4 Å². The Labute approximate surface area is 154 Å². The molecule has 3 heterocycles. The zero-order chi connectivity index (χ0) is 17.9. The SMILES string of the molecule is CN(C(=O)c1ccc(OCc2ccccn2)cc1)C1CC2CCC(C1)N2. The van der Waals surface area contributed by atoms with Gasteiger partial charge in [-0.2, -0.15) is 0 Å². The van der Waals surface area contributed by atoms with Gasteiger partial charge in [-0.25, -0.2) is 0 Å². The molecule has 5 heteroatoms. The van der Waals surface area contributed by atoms with Crippen LogP contribution in [0.1, 0.15) is 41.7 Å². The molecule has 136 valence electrons. The molecular weight excluding hydrogens is 326 g/mol. The van der Waals surface area contributed by atoms with E-state index in [0.717, 1.165) is 24.3 Å². The second kappa shape index (κ2) is 7.46. The van der Waals surface area contributed by atoms with Gasteiger partial charge in [0.05, 0.1) is 5.69 Å². The first-order valence-corrected chi connectivity index (χ1v) is 9.35. The molecule has 26 heavy (non-hydrogen) atoms. The van der Waals surface area contributed by atoms with E-state index in [-0.39, 0.29) is 5.91 Å². The lowest BCUT2D eigenvalue weighted by molar-refractivity contribution is 0.0681. The number of pyridine rings is 1. The topological polar surface area (TPSA) is 54.5 Å². The first-order valence-electron chi connectivity index (χ1n) is 9.35. The van der Waals surface area contributed by atoms with Gasteiger partial charge in [0, 0.05) is 36.9 Å². The van der Waals surface area contributed by atoms with Gasteiger partial charge in [-0.05, 0) is 62.1 Å². The maximum atomic E-state index is 12.8. The van der Waals surface area contributed by atoms with Crippen molar-refractivity contribution in [3.63, 3.8) is 0 Å². The van der Waals surface area contributed by atoms with Crippen molar-refractivity contribution in [3.05, 3.63) is 59.9 Å². The number of benzene rings is 1. The first-order chi connectivity index (χ1) is 12.7. The fourth-order valence-corrected chi connectivity index (χ4v) is 4.05. The van der Waals surface area contributed by atoms with Crippen LogP contribution in [-0.4, -0.2) is 41.0 Å². The summed E-state index contributed by atoms with van der Waals surface area (Å²) in [7, 11) is 1.93. The smallest absolute Gasteiger partial charge is 0.253 e. The standard InChI is InChI=1S/C21H25N3O2/c1-24(19-12-16-7-8-17(13-19)23-16)21(25)15-5-9-20(10-6-15)26-14-18-4-2-3-11-22-18/h2-6,9-11,16-17,19,23H,7-8,12-14H2,1H3. The van der Waals surface area contributed by atoms with Crippen LogP contribution in [0.2, 0.25) is 0 Å². The molecule has 2 aromatic rings. The lowest BCUT2D eigenvalue weighted by atomic mass is 9.98. The van der Waals surface area contributed by atoms with Gasteiger partial charge >= 0.3 is 0 Å². The number of rotatable bonds is 5. The van der Waals surface area contributed by atoms with Gasteiger partial charge in [0.15, 0.2) is 0 Å². The minimum Gasteiger partial charge on any atom is -0.487 e. The van der Waals surface area contributed by atoms with Crippen molar-refractivity contribution in [1.82, 2.24) is 15.2 Å². The van der Waals surface area contributed by atoms with Crippen molar-refractivity contribution in [2.45, 2.75) is 50.4 Å². The summed E-state index contributed by atoms with van der Waals surface area (Å²) in [6.45, 7) is 0.423. The molecule has 0 aliphatic carbocycles. The zero-order valence-electron chi connectivity index (χ0n) is 15.1. The van der Waals surface area contributed by atoms with Crippen molar-refractivity contribution in [2.24, 2.45) is 0 Å². The van der Waals surface area contributed by atoms with E-state index in [1.165, 1.54) is 12.8 Å². The summed E-state index contributed by atoms with van der Waals surface area (Å²) in [5, 5.41) is 3.63. The molecule has 1 N–H and O–H groups in total. The van der Waals surface area contributed by atoms with Crippen LogP contribution in [0, 0.1) is 0 Å². The Hall–Kier alpha value is -2.40. The molecule has 1 amide bonds. The van der Waals surface area contributed by atoms with Gasteiger partial charge in [-0.1, -0.05) is 6.07 Å². The number of fused-ring (bicyclic) bond motifs is 2. The fourth-order valence-electron chi connectivity index (χ4n) is 4.05. The summed E-state index contributed by atoms with van der Waals surface area (Å²) in [4.78, 5) is 19.0. The molecule has 5 nitrogen and oxygen atoms in total. The van der Waals surface area contributed by atoms with Crippen molar-refractivity contribution < 1.29 is 9.53 Å². The lowest BCUT2D eigenvalue weighted by Gasteiger charge is -2.35. The Bertz CT molecular complexity index is 736. The quantitative estimate of drug-likeness (QED) is 0.900. The predicted molar refractivity (Wildman–Crippen MR) is 100 cm³/mol. The van der Waals surface area contributed by atoms with Crippen molar-refractivity contribution in [3.8, 4) is 5.75 Å². The number of aromatic nitrogens is 1. The van der Waals surface area contributed by atoms with E-state index in [0.29, 0.717) is 30.3 Å². The number of ether oxygens (including phenoxy) is 1. The Morgan fingerprint density at radius 2 is 1.88 bits per heavy atom. The van der Waals surface area contributed by atoms with Crippen LogP contribution in [0.4, 0.5) is 0 Å². The minimum absolute atomic E-state index is 0.0903.